The van der Waals surface area contributed by atoms with Crippen molar-refractivity contribution in [2.45, 2.75) is 12.3 Å². The third-order valence-electron chi connectivity index (χ3n) is 2.76. The summed E-state index contributed by atoms with van der Waals surface area (Å²) < 4.78 is 1.61. The number of hydrogen-bond acceptors (Lipinski definition) is 3. The standard InChI is InChI=1S/C10H8ClN3O2/c11-5-1-2-14-8(3-5)12-9(13-14)6-4-7(6)10(15)16/h1-3,6-7H,4H2,(H,15,16). The highest BCUT2D eigenvalue weighted by molar-refractivity contribution is 6.30. The van der Waals surface area contributed by atoms with Crippen LogP contribution in [-0.2, 0) is 4.79 Å². The van der Waals surface area contributed by atoms with Gasteiger partial charge in [0.25, 0.3) is 0 Å². The molecule has 1 saturated carbocycles. The summed E-state index contributed by atoms with van der Waals surface area (Å²) in [4.78, 5) is 15.0. The minimum atomic E-state index is -0.776. The van der Waals surface area contributed by atoms with Crippen LogP contribution in [0.1, 0.15) is 18.2 Å². The second-order valence-electron chi connectivity index (χ2n) is 3.90. The fraction of sp³-hybridized carbons (Fsp3) is 0.300. The molecule has 1 aliphatic rings. The van der Waals surface area contributed by atoms with Gasteiger partial charge in [0.1, 0.15) is 0 Å². The van der Waals surface area contributed by atoms with Crippen molar-refractivity contribution in [1.82, 2.24) is 14.6 Å². The lowest BCUT2D eigenvalue weighted by atomic mass is 10.3. The molecule has 2 unspecified atom stereocenters. The quantitative estimate of drug-likeness (QED) is 0.861. The highest BCUT2D eigenvalue weighted by Gasteiger charge is 2.46. The number of carbonyl (C=O) groups is 1. The third-order valence-corrected chi connectivity index (χ3v) is 2.99. The van der Waals surface area contributed by atoms with E-state index < -0.39 is 5.97 Å². The molecule has 16 heavy (non-hydrogen) atoms. The van der Waals surface area contributed by atoms with E-state index in [0.29, 0.717) is 22.9 Å². The van der Waals surface area contributed by atoms with Gasteiger partial charge in [-0.2, -0.15) is 5.10 Å². The highest BCUT2D eigenvalue weighted by atomic mass is 35.5. The molecule has 2 aromatic heterocycles. The van der Waals surface area contributed by atoms with Crippen LogP contribution in [0.5, 0.6) is 0 Å². The summed E-state index contributed by atoms with van der Waals surface area (Å²) >= 11 is 5.83. The van der Waals surface area contributed by atoms with E-state index in [2.05, 4.69) is 10.1 Å². The maximum Gasteiger partial charge on any atom is 0.307 e. The van der Waals surface area contributed by atoms with E-state index >= 15 is 0 Å². The van der Waals surface area contributed by atoms with Gasteiger partial charge < -0.3 is 5.11 Å². The molecule has 0 radical (unpaired) electrons. The second-order valence-corrected chi connectivity index (χ2v) is 4.34. The molecule has 2 atom stereocenters. The molecular weight excluding hydrogens is 230 g/mol. The Kier molecular flexibility index (Phi) is 1.91. The molecule has 2 aromatic rings. The van der Waals surface area contributed by atoms with Crippen molar-refractivity contribution in [2.24, 2.45) is 5.92 Å². The molecule has 1 fully saturated rings. The lowest BCUT2D eigenvalue weighted by molar-refractivity contribution is -0.138. The van der Waals surface area contributed by atoms with Crippen LogP contribution in [0, 0.1) is 5.92 Å². The van der Waals surface area contributed by atoms with Gasteiger partial charge in [-0.3, -0.25) is 4.79 Å². The lowest BCUT2D eigenvalue weighted by Crippen LogP contribution is -1.99. The Balaban J connectivity index is 1.98. The molecule has 0 aliphatic heterocycles. The minimum Gasteiger partial charge on any atom is -0.481 e. The second kappa shape index (κ2) is 3.18. The number of carboxylic acids is 1. The first-order valence-corrected chi connectivity index (χ1v) is 5.27. The maximum atomic E-state index is 10.7. The van der Waals surface area contributed by atoms with Crippen molar-refractivity contribution >= 4 is 23.2 Å². The average Bonchev–Trinajstić information content (AvgIpc) is 2.93. The molecule has 0 spiro atoms. The summed E-state index contributed by atoms with van der Waals surface area (Å²) in [6.07, 6.45) is 2.34. The van der Waals surface area contributed by atoms with E-state index in [9.17, 15) is 4.79 Å². The van der Waals surface area contributed by atoms with E-state index in [1.54, 1.807) is 22.8 Å². The summed E-state index contributed by atoms with van der Waals surface area (Å²) in [7, 11) is 0. The molecule has 0 amide bonds. The number of aromatic nitrogens is 3. The number of pyridine rings is 1. The third kappa shape index (κ3) is 1.44. The Morgan fingerprint density at radius 2 is 2.44 bits per heavy atom. The fourth-order valence-electron chi connectivity index (χ4n) is 1.78. The van der Waals surface area contributed by atoms with E-state index in [0.717, 1.165) is 0 Å². The van der Waals surface area contributed by atoms with Crippen molar-refractivity contribution < 1.29 is 9.90 Å². The Labute approximate surface area is 95.7 Å². The molecule has 0 aromatic carbocycles. The molecule has 2 heterocycles. The molecule has 1 aliphatic carbocycles. The zero-order valence-electron chi connectivity index (χ0n) is 8.17. The number of hydrogen-bond donors (Lipinski definition) is 1. The van der Waals surface area contributed by atoms with Crippen molar-refractivity contribution in [3.05, 3.63) is 29.2 Å². The predicted octanol–water partition coefficient (Wildman–Crippen LogP) is 1.57. The SMILES string of the molecule is O=C(O)C1CC1c1nc2cc(Cl)ccn2n1. The van der Waals surface area contributed by atoms with Crippen molar-refractivity contribution in [3.63, 3.8) is 0 Å². The van der Waals surface area contributed by atoms with Gasteiger partial charge in [-0.25, -0.2) is 9.50 Å². The zero-order chi connectivity index (χ0) is 11.3. The van der Waals surface area contributed by atoms with Crippen LogP contribution in [0.25, 0.3) is 5.65 Å². The van der Waals surface area contributed by atoms with E-state index in [4.69, 9.17) is 16.7 Å². The number of aliphatic carboxylic acids is 1. The van der Waals surface area contributed by atoms with Gasteiger partial charge in [-0.15, -0.1) is 0 Å². The van der Waals surface area contributed by atoms with Gasteiger partial charge >= 0.3 is 5.97 Å². The van der Waals surface area contributed by atoms with Crippen molar-refractivity contribution in [3.8, 4) is 0 Å². The number of fused-ring (bicyclic) bond motifs is 1. The Morgan fingerprint density at radius 1 is 1.62 bits per heavy atom. The lowest BCUT2D eigenvalue weighted by Gasteiger charge is -1.89. The smallest absolute Gasteiger partial charge is 0.307 e. The minimum absolute atomic E-state index is 0.0452. The Morgan fingerprint density at radius 3 is 3.12 bits per heavy atom. The molecule has 6 heteroatoms. The van der Waals surface area contributed by atoms with Gasteiger partial charge in [0.15, 0.2) is 11.5 Å². The first-order chi connectivity index (χ1) is 7.65. The highest BCUT2D eigenvalue weighted by Crippen LogP contribution is 2.46. The van der Waals surface area contributed by atoms with Crippen molar-refractivity contribution in [1.29, 1.82) is 0 Å². The average molecular weight is 238 g/mol. The van der Waals surface area contributed by atoms with Crippen LogP contribution < -0.4 is 0 Å². The normalized spacial score (nSPS) is 23.6. The Hall–Kier alpha value is -1.62. The molecule has 0 bridgehead atoms. The maximum absolute atomic E-state index is 10.7. The van der Waals surface area contributed by atoms with Gasteiger partial charge in [-0.1, -0.05) is 11.6 Å². The van der Waals surface area contributed by atoms with E-state index in [1.807, 2.05) is 0 Å². The van der Waals surface area contributed by atoms with Crippen LogP contribution in [0.4, 0.5) is 0 Å². The van der Waals surface area contributed by atoms with E-state index in [-0.39, 0.29) is 11.8 Å². The van der Waals surface area contributed by atoms with Crippen molar-refractivity contribution in [2.75, 3.05) is 0 Å². The number of nitrogens with zero attached hydrogens (tertiary/aromatic N) is 3. The summed E-state index contributed by atoms with van der Waals surface area (Å²) in [6.45, 7) is 0. The largest absolute Gasteiger partial charge is 0.481 e. The van der Waals surface area contributed by atoms with Gasteiger partial charge in [-0.05, 0) is 12.5 Å². The number of halogens is 1. The molecule has 0 saturated heterocycles. The first-order valence-electron chi connectivity index (χ1n) is 4.90. The predicted molar refractivity (Wildman–Crippen MR) is 56.5 cm³/mol. The summed E-state index contributed by atoms with van der Waals surface area (Å²) in [5.41, 5.74) is 0.651. The number of carboxylic acid groups (broad SMARTS) is 1. The van der Waals surface area contributed by atoms with Gasteiger partial charge in [0.05, 0.1) is 5.92 Å². The molecule has 1 N–H and O–H groups in total. The fourth-order valence-corrected chi connectivity index (χ4v) is 1.94. The molecule has 3 rings (SSSR count). The van der Waals surface area contributed by atoms with Crippen LogP contribution in [0.15, 0.2) is 18.3 Å². The van der Waals surface area contributed by atoms with Gasteiger partial charge in [0, 0.05) is 23.2 Å². The summed E-state index contributed by atoms with van der Waals surface area (Å²) in [5.74, 6) is -0.555. The van der Waals surface area contributed by atoms with E-state index in [1.165, 1.54) is 0 Å². The van der Waals surface area contributed by atoms with Gasteiger partial charge in [0.2, 0.25) is 0 Å². The summed E-state index contributed by atoms with van der Waals surface area (Å²) in [6, 6.07) is 3.42. The van der Waals surface area contributed by atoms with Crippen LogP contribution >= 0.6 is 11.6 Å². The Bertz CT molecular complexity index is 580. The monoisotopic (exact) mass is 237 g/mol. The molecular formula is C10H8ClN3O2. The van der Waals surface area contributed by atoms with Crippen LogP contribution in [0.2, 0.25) is 5.02 Å². The zero-order valence-corrected chi connectivity index (χ0v) is 8.92. The first kappa shape index (κ1) is 9.59. The van der Waals surface area contributed by atoms with Crippen LogP contribution in [-0.4, -0.2) is 25.7 Å². The molecule has 82 valence electrons. The van der Waals surface area contributed by atoms with Crippen LogP contribution in [0.3, 0.4) is 0 Å². The summed E-state index contributed by atoms with van der Waals surface area (Å²) in [5, 5.41) is 13.6. The topological polar surface area (TPSA) is 67.5 Å². The molecule has 5 nitrogen and oxygen atoms in total. The number of rotatable bonds is 2.